The zero-order valence-corrected chi connectivity index (χ0v) is 17.7. The zero-order valence-electron chi connectivity index (χ0n) is 17.7. The lowest BCUT2D eigenvalue weighted by molar-refractivity contribution is -0.116. The number of anilines is 2. The zero-order chi connectivity index (χ0) is 22.0. The van der Waals surface area contributed by atoms with Crippen LogP contribution in [0.25, 0.3) is 16.9 Å². The summed E-state index contributed by atoms with van der Waals surface area (Å²) in [7, 11) is 0. The highest BCUT2D eigenvalue weighted by Gasteiger charge is 2.14. The van der Waals surface area contributed by atoms with Crippen LogP contribution in [0.4, 0.5) is 15.9 Å². The second-order valence-electron chi connectivity index (χ2n) is 7.38. The van der Waals surface area contributed by atoms with E-state index in [-0.39, 0.29) is 18.3 Å². The molecule has 0 saturated carbocycles. The Balaban J connectivity index is 1.55. The van der Waals surface area contributed by atoms with Gasteiger partial charge >= 0.3 is 0 Å². The van der Waals surface area contributed by atoms with Crippen LogP contribution >= 0.6 is 0 Å². The summed E-state index contributed by atoms with van der Waals surface area (Å²) in [5, 5.41) is 10.3. The second-order valence-corrected chi connectivity index (χ2v) is 7.38. The standard InChI is InChI=1S/C22H24FN7O/c1-4-8-24-21-22-25-10-19(30(22)11-14(2)27-21)16-9-26-29(12-16)13-20(31)28-18-7-5-6-17(23)15(18)3/h5-7,9-12H,4,8,13H2,1-3H3,(H,24,27)(H,28,31). The first-order chi connectivity index (χ1) is 15.0. The minimum Gasteiger partial charge on any atom is -0.367 e. The first-order valence-electron chi connectivity index (χ1n) is 10.1. The first kappa shape index (κ1) is 20.5. The maximum atomic E-state index is 13.7. The number of rotatable bonds is 7. The fraction of sp³-hybridized carbons (Fsp3) is 0.273. The number of nitrogens with one attached hydrogen (secondary N) is 2. The van der Waals surface area contributed by atoms with Crippen molar-refractivity contribution in [3.63, 3.8) is 0 Å². The Kier molecular flexibility index (Phi) is 5.66. The molecule has 0 aliphatic rings. The van der Waals surface area contributed by atoms with Crippen LogP contribution in [-0.4, -0.2) is 36.6 Å². The van der Waals surface area contributed by atoms with Gasteiger partial charge in [-0.1, -0.05) is 13.0 Å². The number of halogens is 1. The van der Waals surface area contributed by atoms with Gasteiger partial charge in [0.2, 0.25) is 5.91 Å². The van der Waals surface area contributed by atoms with Crippen molar-refractivity contribution in [3.05, 3.63) is 60.1 Å². The third kappa shape index (κ3) is 4.25. The maximum Gasteiger partial charge on any atom is 0.246 e. The molecular weight excluding hydrogens is 397 g/mol. The quantitative estimate of drug-likeness (QED) is 0.474. The number of hydrogen-bond acceptors (Lipinski definition) is 5. The number of aromatic nitrogens is 5. The average Bonchev–Trinajstić information content (AvgIpc) is 3.36. The number of aryl methyl sites for hydroxylation is 1. The van der Waals surface area contributed by atoms with Gasteiger partial charge in [0.05, 0.1) is 23.8 Å². The molecule has 8 nitrogen and oxygen atoms in total. The van der Waals surface area contributed by atoms with Crippen molar-refractivity contribution >= 4 is 23.1 Å². The summed E-state index contributed by atoms with van der Waals surface area (Å²) in [6.45, 7) is 6.48. The molecule has 0 spiro atoms. The topological polar surface area (TPSA) is 89.1 Å². The summed E-state index contributed by atoms with van der Waals surface area (Å²) in [6.07, 6.45) is 8.16. The molecule has 0 aliphatic carbocycles. The molecule has 1 aromatic carbocycles. The molecule has 160 valence electrons. The van der Waals surface area contributed by atoms with E-state index in [4.69, 9.17) is 0 Å². The molecule has 0 saturated heterocycles. The fourth-order valence-corrected chi connectivity index (χ4v) is 3.35. The number of fused-ring (bicyclic) bond motifs is 1. The van der Waals surface area contributed by atoms with Crippen molar-refractivity contribution in [2.24, 2.45) is 0 Å². The Hall–Kier alpha value is -3.75. The normalized spacial score (nSPS) is 11.1. The lowest BCUT2D eigenvalue weighted by Gasteiger charge is -2.09. The van der Waals surface area contributed by atoms with E-state index in [0.717, 1.165) is 41.4 Å². The van der Waals surface area contributed by atoms with Gasteiger partial charge in [-0.15, -0.1) is 0 Å². The number of benzene rings is 1. The van der Waals surface area contributed by atoms with Crippen molar-refractivity contribution < 1.29 is 9.18 Å². The number of amides is 1. The molecule has 31 heavy (non-hydrogen) atoms. The predicted molar refractivity (Wildman–Crippen MR) is 117 cm³/mol. The van der Waals surface area contributed by atoms with Gasteiger partial charge < -0.3 is 10.6 Å². The summed E-state index contributed by atoms with van der Waals surface area (Å²) >= 11 is 0. The van der Waals surface area contributed by atoms with Crippen molar-refractivity contribution in [3.8, 4) is 11.3 Å². The molecule has 0 fully saturated rings. The van der Waals surface area contributed by atoms with Gasteiger partial charge in [-0.2, -0.15) is 5.10 Å². The number of imidazole rings is 1. The molecule has 4 aromatic rings. The Bertz CT molecular complexity index is 1240. The van der Waals surface area contributed by atoms with Crippen LogP contribution < -0.4 is 10.6 Å². The first-order valence-corrected chi connectivity index (χ1v) is 10.1. The minimum atomic E-state index is -0.357. The van der Waals surface area contributed by atoms with E-state index >= 15 is 0 Å². The summed E-state index contributed by atoms with van der Waals surface area (Å²) in [4.78, 5) is 21.5. The fourth-order valence-electron chi connectivity index (χ4n) is 3.35. The molecule has 0 atom stereocenters. The molecule has 9 heteroatoms. The number of carbonyl (C=O) groups is 1. The number of carbonyl (C=O) groups excluding carboxylic acids is 1. The van der Waals surface area contributed by atoms with Crippen LogP contribution in [0.3, 0.4) is 0 Å². The van der Waals surface area contributed by atoms with Crippen LogP contribution in [0, 0.1) is 19.7 Å². The Morgan fingerprint density at radius 2 is 2.03 bits per heavy atom. The van der Waals surface area contributed by atoms with E-state index < -0.39 is 0 Å². The van der Waals surface area contributed by atoms with Crippen LogP contribution in [0.1, 0.15) is 24.6 Å². The average molecular weight is 421 g/mol. The Labute approximate surface area is 179 Å². The third-order valence-corrected chi connectivity index (χ3v) is 4.93. The van der Waals surface area contributed by atoms with Crippen molar-refractivity contribution in [2.45, 2.75) is 33.7 Å². The highest BCUT2D eigenvalue weighted by molar-refractivity contribution is 5.91. The summed E-state index contributed by atoms with van der Waals surface area (Å²) in [5.74, 6) is 0.0993. The van der Waals surface area contributed by atoms with E-state index in [2.05, 4.69) is 32.6 Å². The van der Waals surface area contributed by atoms with Crippen LogP contribution in [0.2, 0.25) is 0 Å². The van der Waals surface area contributed by atoms with Crippen LogP contribution in [-0.2, 0) is 11.3 Å². The second kappa shape index (κ2) is 8.55. The summed E-state index contributed by atoms with van der Waals surface area (Å²) in [6, 6.07) is 4.60. The van der Waals surface area contributed by atoms with E-state index in [0.29, 0.717) is 11.3 Å². The van der Waals surface area contributed by atoms with E-state index in [9.17, 15) is 9.18 Å². The minimum absolute atomic E-state index is 0.0105. The molecule has 1 amide bonds. The van der Waals surface area contributed by atoms with Gasteiger partial charge in [0.1, 0.15) is 12.4 Å². The lowest BCUT2D eigenvalue weighted by Crippen LogP contribution is -2.19. The third-order valence-electron chi connectivity index (χ3n) is 4.93. The molecule has 0 aliphatic heterocycles. The summed E-state index contributed by atoms with van der Waals surface area (Å²) in [5.41, 5.74) is 4.14. The molecule has 2 N–H and O–H groups in total. The van der Waals surface area contributed by atoms with E-state index in [1.807, 2.05) is 17.5 Å². The van der Waals surface area contributed by atoms with E-state index in [1.54, 1.807) is 42.3 Å². The van der Waals surface area contributed by atoms with Crippen LogP contribution in [0.5, 0.6) is 0 Å². The molecular formula is C22H24FN7O. The molecule has 0 radical (unpaired) electrons. The van der Waals surface area contributed by atoms with Gasteiger partial charge in [-0.25, -0.2) is 14.4 Å². The molecule has 0 unspecified atom stereocenters. The number of hydrogen-bond donors (Lipinski definition) is 2. The maximum absolute atomic E-state index is 13.7. The van der Waals surface area contributed by atoms with Gasteiger partial charge in [0.25, 0.3) is 0 Å². The van der Waals surface area contributed by atoms with E-state index in [1.165, 1.54) is 6.07 Å². The molecule has 0 bridgehead atoms. The Morgan fingerprint density at radius 3 is 2.84 bits per heavy atom. The van der Waals surface area contributed by atoms with Gasteiger partial charge in [-0.05, 0) is 32.4 Å². The van der Waals surface area contributed by atoms with Gasteiger partial charge in [0.15, 0.2) is 11.5 Å². The smallest absolute Gasteiger partial charge is 0.246 e. The molecule has 4 rings (SSSR count). The summed E-state index contributed by atoms with van der Waals surface area (Å²) < 4.78 is 17.2. The number of nitrogens with zero attached hydrogens (tertiary/aromatic N) is 5. The Morgan fingerprint density at radius 1 is 1.19 bits per heavy atom. The molecule has 3 aromatic heterocycles. The molecule has 3 heterocycles. The lowest BCUT2D eigenvalue weighted by atomic mass is 10.2. The van der Waals surface area contributed by atoms with Crippen molar-refractivity contribution in [1.82, 2.24) is 24.1 Å². The van der Waals surface area contributed by atoms with Gasteiger partial charge in [0, 0.05) is 35.8 Å². The highest BCUT2D eigenvalue weighted by Crippen LogP contribution is 2.24. The van der Waals surface area contributed by atoms with Crippen molar-refractivity contribution in [2.75, 3.05) is 17.2 Å². The van der Waals surface area contributed by atoms with Gasteiger partial charge in [-0.3, -0.25) is 13.9 Å². The SMILES string of the molecule is CCCNc1nc(C)cn2c(-c3cnn(CC(=O)Nc4cccc(F)c4C)c3)cnc12. The highest BCUT2D eigenvalue weighted by atomic mass is 19.1. The van der Waals surface area contributed by atoms with Crippen molar-refractivity contribution in [1.29, 1.82) is 0 Å². The largest absolute Gasteiger partial charge is 0.367 e. The monoisotopic (exact) mass is 421 g/mol. The van der Waals surface area contributed by atoms with Crippen LogP contribution in [0.15, 0.2) is 43.0 Å². The predicted octanol–water partition coefficient (Wildman–Crippen LogP) is 3.81.